The van der Waals surface area contributed by atoms with E-state index >= 15 is 0 Å². The summed E-state index contributed by atoms with van der Waals surface area (Å²) in [6.07, 6.45) is 0.0845. The van der Waals surface area contributed by atoms with Gasteiger partial charge in [-0.2, -0.15) is 5.26 Å². The van der Waals surface area contributed by atoms with Gasteiger partial charge in [-0.15, -0.1) is 0 Å². The summed E-state index contributed by atoms with van der Waals surface area (Å²) in [5.41, 5.74) is 0.910. The van der Waals surface area contributed by atoms with E-state index in [1.807, 2.05) is 24.3 Å². The Hall–Kier alpha value is -2.06. The number of carboxylic acid groups (broad SMARTS) is 1. The molecule has 0 atom stereocenters. The van der Waals surface area contributed by atoms with Crippen molar-refractivity contribution in [3.8, 4) is 11.8 Å². The van der Waals surface area contributed by atoms with E-state index in [1.54, 1.807) is 6.07 Å². The second-order valence-corrected chi connectivity index (χ2v) is 3.38. The second kappa shape index (κ2) is 7.25. The van der Waals surface area contributed by atoms with Gasteiger partial charge in [-0.1, -0.05) is 18.2 Å². The molecule has 1 aromatic rings. The standard InChI is InChI=1S/C12H14N2O3/c13-6-8-17-11-4-2-1-3-10(11)9-14-7-5-12(15)16/h1-4,14H,5,7-9H2,(H,15,16). The summed E-state index contributed by atoms with van der Waals surface area (Å²) in [5, 5.41) is 19.9. The van der Waals surface area contributed by atoms with Gasteiger partial charge in [0, 0.05) is 18.7 Å². The lowest BCUT2D eigenvalue weighted by molar-refractivity contribution is -0.136. The van der Waals surface area contributed by atoms with Crippen molar-refractivity contribution in [2.24, 2.45) is 0 Å². The largest absolute Gasteiger partial charge is 0.481 e. The van der Waals surface area contributed by atoms with Gasteiger partial charge >= 0.3 is 5.97 Å². The summed E-state index contributed by atoms with van der Waals surface area (Å²) < 4.78 is 5.25. The van der Waals surface area contributed by atoms with E-state index in [-0.39, 0.29) is 13.0 Å². The predicted octanol–water partition coefficient (Wildman–Crippen LogP) is 1.15. The average molecular weight is 234 g/mol. The minimum Gasteiger partial charge on any atom is -0.481 e. The monoisotopic (exact) mass is 234 g/mol. The zero-order valence-corrected chi connectivity index (χ0v) is 9.35. The highest BCUT2D eigenvalue weighted by Crippen LogP contribution is 2.17. The van der Waals surface area contributed by atoms with Crippen LogP contribution >= 0.6 is 0 Å². The van der Waals surface area contributed by atoms with E-state index < -0.39 is 5.97 Å². The molecule has 2 N–H and O–H groups in total. The molecule has 90 valence electrons. The van der Waals surface area contributed by atoms with E-state index in [0.29, 0.717) is 18.8 Å². The number of nitrogens with one attached hydrogen (secondary N) is 1. The predicted molar refractivity (Wildman–Crippen MR) is 61.5 cm³/mol. The minimum absolute atomic E-state index is 0.00609. The number of rotatable bonds is 7. The van der Waals surface area contributed by atoms with Crippen LogP contribution < -0.4 is 10.1 Å². The maximum absolute atomic E-state index is 10.3. The van der Waals surface area contributed by atoms with Gasteiger partial charge in [-0.3, -0.25) is 4.79 Å². The van der Waals surface area contributed by atoms with Crippen molar-refractivity contribution in [3.63, 3.8) is 0 Å². The number of benzene rings is 1. The summed E-state index contributed by atoms with van der Waals surface area (Å²) in [5.74, 6) is -0.177. The van der Waals surface area contributed by atoms with Crippen molar-refractivity contribution in [1.29, 1.82) is 5.26 Å². The summed E-state index contributed by atoms with van der Waals surface area (Å²) in [4.78, 5) is 10.3. The molecule has 0 saturated heterocycles. The van der Waals surface area contributed by atoms with Crippen molar-refractivity contribution in [1.82, 2.24) is 5.32 Å². The molecule has 0 spiro atoms. The fourth-order valence-electron chi connectivity index (χ4n) is 1.32. The van der Waals surface area contributed by atoms with Gasteiger partial charge < -0.3 is 15.2 Å². The number of aliphatic carboxylic acids is 1. The van der Waals surface area contributed by atoms with Crippen LogP contribution in [0.25, 0.3) is 0 Å². The smallest absolute Gasteiger partial charge is 0.304 e. The van der Waals surface area contributed by atoms with Crippen LogP contribution in [-0.2, 0) is 11.3 Å². The molecule has 0 aliphatic carbocycles. The van der Waals surface area contributed by atoms with E-state index in [2.05, 4.69) is 5.32 Å². The Kier molecular flexibility index (Phi) is 5.55. The lowest BCUT2D eigenvalue weighted by Gasteiger charge is -2.09. The number of ether oxygens (including phenoxy) is 1. The molecule has 5 nitrogen and oxygen atoms in total. The lowest BCUT2D eigenvalue weighted by atomic mass is 10.2. The topological polar surface area (TPSA) is 82.3 Å². The van der Waals surface area contributed by atoms with E-state index in [0.717, 1.165) is 5.56 Å². The van der Waals surface area contributed by atoms with Crippen LogP contribution in [0.1, 0.15) is 12.0 Å². The fourth-order valence-corrected chi connectivity index (χ4v) is 1.32. The Balaban J connectivity index is 2.46. The lowest BCUT2D eigenvalue weighted by Crippen LogP contribution is -2.18. The molecule has 5 heteroatoms. The summed E-state index contributed by atoms with van der Waals surface area (Å²) >= 11 is 0. The number of para-hydroxylation sites is 1. The molecular formula is C12H14N2O3. The third-order valence-electron chi connectivity index (χ3n) is 2.10. The second-order valence-electron chi connectivity index (χ2n) is 3.38. The highest BCUT2D eigenvalue weighted by Gasteiger charge is 2.02. The summed E-state index contributed by atoms with van der Waals surface area (Å²) in [6.45, 7) is 0.933. The molecular weight excluding hydrogens is 220 g/mol. The van der Waals surface area contributed by atoms with Crippen LogP contribution in [0.5, 0.6) is 5.75 Å². The normalized spacial score (nSPS) is 9.59. The third-order valence-corrected chi connectivity index (χ3v) is 2.10. The van der Waals surface area contributed by atoms with E-state index in [9.17, 15) is 4.79 Å². The first-order chi connectivity index (χ1) is 8.24. The first kappa shape index (κ1) is 13.0. The Morgan fingerprint density at radius 2 is 2.24 bits per heavy atom. The van der Waals surface area contributed by atoms with E-state index in [1.165, 1.54) is 0 Å². The van der Waals surface area contributed by atoms with Crippen LogP contribution in [0.3, 0.4) is 0 Å². The first-order valence-corrected chi connectivity index (χ1v) is 5.24. The quantitative estimate of drug-likeness (QED) is 0.691. The van der Waals surface area contributed by atoms with Crippen LogP contribution in [0.2, 0.25) is 0 Å². The zero-order valence-electron chi connectivity index (χ0n) is 9.35. The summed E-state index contributed by atoms with van der Waals surface area (Å²) in [7, 11) is 0. The van der Waals surface area contributed by atoms with Crippen molar-refractivity contribution >= 4 is 5.97 Å². The van der Waals surface area contributed by atoms with Crippen molar-refractivity contribution in [2.45, 2.75) is 13.0 Å². The van der Waals surface area contributed by atoms with Gasteiger partial charge in [-0.25, -0.2) is 0 Å². The van der Waals surface area contributed by atoms with Crippen molar-refractivity contribution in [3.05, 3.63) is 29.8 Å². The fraction of sp³-hybridized carbons (Fsp3) is 0.333. The Labute approximate surface area is 99.6 Å². The van der Waals surface area contributed by atoms with Gasteiger partial charge in [0.2, 0.25) is 0 Å². The van der Waals surface area contributed by atoms with E-state index in [4.69, 9.17) is 15.1 Å². The van der Waals surface area contributed by atoms with Crippen LogP contribution in [0.4, 0.5) is 0 Å². The van der Waals surface area contributed by atoms with Crippen LogP contribution in [0, 0.1) is 11.3 Å². The van der Waals surface area contributed by atoms with Crippen LogP contribution in [0.15, 0.2) is 24.3 Å². The number of hydrogen-bond donors (Lipinski definition) is 2. The maximum Gasteiger partial charge on any atom is 0.304 e. The number of nitrogens with zero attached hydrogens (tertiary/aromatic N) is 1. The highest BCUT2D eigenvalue weighted by atomic mass is 16.5. The molecule has 0 aliphatic heterocycles. The van der Waals surface area contributed by atoms with Gasteiger partial charge in [0.25, 0.3) is 0 Å². The average Bonchev–Trinajstić information content (AvgIpc) is 2.33. The molecule has 0 aliphatic rings. The molecule has 0 aromatic heterocycles. The third kappa shape index (κ3) is 5.00. The maximum atomic E-state index is 10.3. The number of carbonyl (C=O) groups is 1. The van der Waals surface area contributed by atoms with Gasteiger partial charge in [0.1, 0.15) is 11.8 Å². The molecule has 0 unspecified atom stereocenters. The molecule has 1 aromatic carbocycles. The Morgan fingerprint density at radius 1 is 1.47 bits per heavy atom. The van der Waals surface area contributed by atoms with Gasteiger partial charge in [0.15, 0.2) is 6.61 Å². The molecule has 0 amide bonds. The molecule has 0 heterocycles. The number of nitriles is 1. The Bertz CT molecular complexity index is 412. The first-order valence-electron chi connectivity index (χ1n) is 5.24. The van der Waals surface area contributed by atoms with Crippen LogP contribution in [-0.4, -0.2) is 24.2 Å². The number of hydrogen-bond acceptors (Lipinski definition) is 4. The van der Waals surface area contributed by atoms with Crippen molar-refractivity contribution in [2.75, 3.05) is 13.2 Å². The molecule has 0 fully saturated rings. The highest BCUT2D eigenvalue weighted by molar-refractivity contribution is 5.66. The molecule has 0 radical (unpaired) electrons. The molecule has 0 bridgehead atoms. The molecule has 17 heavy (non-hydrogen) atoms. The minimum atomic E-state index is -0.827. The number of carboxylic acids is 1. The zero-order chi connectivity index (χ0) is 12.5. The van der Waals surface area contributed by atoms with Gasteiger partial charge in [0.05, 0.1) is 6.42 Å². The van der Waals surface area contributed by atoms with Gasteiger partial charge in [-0.05, 0) is 6.07 Å². The molecule has 0 saturated carbocycles. The molecule has 1 rings (SSSR count). The van der Waals surface area contributed by atoms with Crippen molar-refractivity contribution < 1.29 is 14.6 Å². The Morgan fingerprint density at radius 3 is 2.94 bits per heavy atom. The summed E-state index contributed by atoms with van der Waals surface area (Å²) in [6, 6.07) is 9.26. The SMILES string of the molecule is N#CCOc1ccccc1CNCCC(=O)O.